The lowest BCUT2D eigenvalue weighted by Gasteiger charge is -2.24. The molecular formula is C14H21ClN2O2. The highest BCUT2D eigenvalue weighted by molar-refractivity contribution is 6.34. The fourth-order valence-electron chi connectivity index (χ4n) is 1.53. The van der Waals surface area contributed by atoms with Crippen LogP contribution < -0.4 is 11.1 Å². The Morgan fingerprint density at radius 3 is 2.63 bits per heavy atom. The minimum absolute atomic E-state index is 0.109. The number of nitrogen functional groups attached to an aromatic ring is 1. The summed E-state index contributed by atoms with van der Waals surface area (Å²) in [7, 11) is 1.33. The van der Waals surface area contributed by atoms with E-state index in [1.807, 2.05) is 0 Å². The van der Waals surface area contributed by atoms with Crippen LogP contribution in [0.5, 0.6) is 0 Å². The van der Waals surface area contributed by atoms with Gasteiger partial charge in [-0.25, -0.2) is 4.79 Å². The van der Waals surface area contributed by atoms with Crippen molar-refractivity contribution in [2.45, 2.75) is 27.2 Å². The lowest BCUT2D eigenvalue weighted by atomic mass is 9.90. The summed E-state index contributed by atoms with van der Waals surface area (Å²) in [5.74, 6) is -0.453. The molecule has 19 heavy (non-hydrogen) atoms. The van der Waals surface area contributed by atoms with Gasteiger partial charge in [-0.1, -0.05) is 32.4 Å². The Kier molecular flexibility index (Phi) is 5.06. The summed E-state index contributed by atoms with van der Waals surface area (Å²) >= 11 is 6.16. The number of carbonyl (C=O) groups excluding carboxylic acids is 1. The summed E-state index contributed by atoms with van der Waals surface area (Å²) in [6.45, 7) is 7.11. The van der Waals surface area contributed by atoms with Crippen molar-refractivity contribution < 1.29 is 9.53 Å². The lowest BCUT2D eigenvalue weighted by Crippen LogP contribution is -2.23. The van der Waals surface area contributed by atoms with E-state index in [2.05, 4.69) is 26.1 Å². The van der Waals surface area contributed by atoms with Crippen molar-refractivity contribution >= 4 is 28.9 Å². The SMILES string of the molecule is CCC(C)(C)CNc1c(Cl)cc(N)cc1C(=O)OC. The molecule has 0 spiro atoms. The molecule has 0 aromatic heterocycles. The number of anilines is 2. The van der Waals surface area contributed by atoms with Crippen LogP contribution >= 0.6 is 11.6 Å². The van der Waals surface area contributed by atoms with Crippen molar-refractivity contribution in [2.24, 2.45) is 5.41 Å². The van der Waals surface area contributed by atoms with Gasteiger partial charge in [0, 0.05) is 12.2 Å². The molecule has 0 fully saturated rings. The summed E-state index contributed by atoms with van der Waals surface area (Å²) in [6.07, 6.45) is 1.01. The molecule has 0 atom stereocenters. The molecule has 1 rings (SSSR count). The number of hydrogen-bond acceptors (Lipinski definition) is 4. The second-order valence-electron chi connectivity index (χ2n) is 5.29. The molecule has 0 heterocycles. The van der Waals surface area contributed by atoms with E-state index in [4.69, 9.17) is 22.1 Å². The topological polar surface area (TPSA) is 64.3 Å². The maximum Gasteiger partial charge on any atom is 0.340 e. The Hall–Kier alpha value is -1.42. The van der Waals surface area contributed by atoms with E-state index in [0.29, 0.717) is 28.5 Å². The van der Waals surface area contributed by atoms with Gasteiger partial charge < -0.3 is 15.8 Å². The molecule has 0 aliphatic carbocycles. The quantitative estimate of drug-likeness (QED) is 0.641. The van der Waals surface area contributed by atoms with Gasteiger partial charge in [0.2, 0.25) is 0 Å². The first-order valence-corrected chi connectivity index (χ1v) is 6.59. The zero-order chi connectivity index (χ0) is 14.6. The highest BCUT2D eigenvalue weighted by atomic mass is 35.5. The van der Waals surface area contributed by atoms with Crippen LogP contribution in [0.2, 0.25) is 5.02 Å². The van der Waals surface area contributed by atoms with Crippen LogP contribution in [0.25, 0.3) is 0 Å². The number of hydrogen-bond donors (Lipinski definition) is 2. The van der Waals surface area contributed by atoms with Crippen molar-refractivity contribution in [1.29, 1.82) is 0 Å². The third kappa shape index (κ3) is 4.03. The van der Waals surface area contributed by atoms with Crippen molar-refractivity contribution in [3.63, 3.8) is 0 Å². The second-order valence-corrected chi connectivity index (χ2v) is 5.70. The number of carbonyl (C=O) groups is 1. The normalized spacial score (nSPS) is 11.2. The summed E-state index contributed by atoms with van der Waals surface area (Å²) in [5.41, 5.74) is 7.19. The average molecular weight is 285 g/mol. The maximum absolute atomic E-state index is 11.8. The van der Waals surface area contributed by atoms with E-state index in [1.54, 1.807) is 12.1 Å². The summed E-state index contributed by atoms with van der Waals surface area (Å²) in [6, 6.07) is 3.19. The highest BCUT2D eigenvalue weighted by Crippen LogP contribution is 2.31. The zero-order valence-electron chi connectivity index (χ0n) is 11.8. The van der Waals surface area contributed by atoms with Crippen LogP contribution in [0, 0.1) is 5.41 Å². The number of methoxy groups -OCH3 is 1. The molecule has 106 valence electrons. The molecule has 1 aromatic carbocycles. The number of halogens is 1. The number of benzene rings is 1. The van der Waals surface area contributed by atoms with E-state index in [1.165, 1.54) is 7.11 Å². The minimum atomic E-state index is -0.453. The smallest absolute Gasteiger partial charge is 0.340 e. The van der Waals surface area contributed by atoms with Crippen LogP contribution in [0.4, 0.5) is 11.4 Å². The molecule has 4 nitrogen and oxygen atoms in total. The molecule has 3 N–H and O–H groups in total. The van der Waals surface area contributed by atoms with Gasteiger partial charge in [-0.2, -0.15) is 0 Å². The monoisotopic (exact) mass is 284 g/mol. The summed E-state index contributed by atoms with van der Waals surface area (Å²) < 4.78 is 4.75. The second kappa shape index (κ2) is 6.15. The zero-order valence-corrected chi connectivity index (χ0v) is 12.6. The third-order valence-corrected chi connectivity index (χ3v) is 3.52. The average Bonchev–Trinajstić information content (AvgIpc) is 2.35. The summed E-state index contributed by atoms with van der Waals surface area (Å²) in [5, 5.41) is 3.65. The first kappa shape index (κ1) is 15.6. The predicted molar refractivity (Wildman–Crippen MR) is 79.8 cm³/mol. The van der Waals surface area contributed by atoms with Crippen LogP contribution in [-0.4, -0.2) is 19.6 Å². The van der Waals surface area contributed by atoms with Crippen LogP contribution in [0.1, 0.15) is 37.6 Å². The van der Waals surface area contributed by atoms with Gasteiger partial charge >= 0.3 is 5.97 Å². The highest BCUT2D eigenvalue weighted by Gasteiger charge is 2.20. The first-order chi connectivity index (χ1) is 8.80. The van der Waals surface area contributed by atoms with Gasteiger partial charge in [-0.15, -0.1) is 0 Å². The van der Waals surface area contributed by atoms with Gasteiger partial charge in [-0.05, 0) is 24.0 Å². The van der Waals surface area contributed by atoms with E-state index in [-0.39, 0.29) is 5.41 Å². The van der Waals surface area contributed by atoms with E-state index in [9.17, 15) is 4.79 Å². The van der Waals surface area contributed by atoms with Gasteiger partial charge in [-0.3, -0.25) is 0 Å². The minimum Gasteiger partial charge on any atom is -0.465 e. The Morgan fingerprint density at radius 1 is 1.47 bits per heavy atom. The third-order valence-electron chi connectivity index (χ3n) is 3.22. The van der Waals surface area contributed by atoms with Gasteiger partial charge in [0.25, 0.3) is 0 Å². The van der Waals surface area contributed by atoms with Crippen LogP contribution in [0.3, 0.4) is 0 Å². The Balaban J connectivity index is 3.08. The van der Waals surface area contributed by atoms with Crippen molar-refractivity contribution in [2.75, 3.05) is 24.7 Å². The predicted octanol–water partition coefficient (Wildman–Crippen LogP) is 3.56. The lowest BCUT2D eigenvalue weighted by molar-refractivity contribution is 0.0602. The standard InChI is InChI=1S/C14H21ClN2O2/c1-5-14(2,3)8-17-12-10(13(18)19-4)6-9(16)7-11(12)15/h6-7,17H,5,8,16H2,1-4H3. The molecule has 0 amide bonds. The number of ether oxygens (including phenoxy) is 1. The van der Waals surface area contributed by atoms with Gasteiger partial charge in [0.05, 0.1) is 23.4 Å². The Morgan fingerprint density at radius 2 is 2.11 bits per heavy atom. The molecule has 0 saturated carbocycles. The molecule has 0 aliphatic heterocycles. The fraction of sp³-hybridized carbons (Fsp3) is 0.500. The molecule has 0 bridgehead atoms. The molecular weight excluding hydrogens is 264 g/mol. The van der Waals surface area contributed by atoms with Gasteiger partial charge in [0.1, 0.15) is 0 Å². The largest absolute Gasteiger partial charge is 0.465 e. The maximum atomic E-state index is 11.8. The number of nitrogens with two attached hydrogens (primary N) is 1. The van der Waals surface area contributed by atoms with Crippen molar-refractivity contribution in [3.05, 3.63) is 22.7 Å². The molecule has 1 aromatic rings. The number of esters is 1. The van der Waals surface area contributed by atoms with E-state index >= 15 is 0 Å². The van der Waals surface area contributed by atoms with Crippen LogP contribution in [0.15, 0.2) is 12.1 Å². The molecule has 0 unspecified atom stereocenters. The van der Waals surface area contributed by atoms with E-state index < -0.39 is 5.97 Å². The number of nitrogens with one attached hydrogen (secondary N) is 1. The Bertz CT molecular complexity index is 473. The molecule has 5 heteroatoms. The van der Waals surface area contributed by atoms with E-state index in [0.717, 1.165) is 6.42 Å². The fourth-order valence-corrected chi connectivity index (χ4v) is 1.83. The van der Waals surface area contributed by atoms with Gasteiger partial charge in [0.15, 0.2) is 0 Å². The molecule has 0 radical (unpaired) electrons. The first-order valence-electron chi connectivity index (χ1n) is 6.22. The van der Waals surface area contributed by atoms with Crippen LogP contribution in [-0.2, 0) is 4.74 Å². The Labute approximate surface area is 119 Å². The van der Waals surface area contributed by atoms with Crippen molar-refractivity contribution in [1.82, 2.24) is 0 Å². The molecule has 0 aliphatic rings. The number of rotatable bonds is 5. The summed E-state index contributed by atoms with van der Waals surface area (Å²) in [4.78, 5) is 11.8. The molecule has 0 saturated heterocycles. The van der Waals surface area contributed by atoms with Crippen molar-refractivity contribution in [3.8, 4) is 0 Å².